The Bertz CT molecular complexity index is 1830. The molecule has 3 heterocycles. The number of aromatic nitrogens is 6. The zero-order valence-corrected chi connectivity index (χ0v) is 23.6. The van der Waals surface area contributed by atoms with E-state index in [1.54, 1.807) is 30.1 Å². The van der Waals surface area contributed by atoms with Crippen LogP contribution in [0.3, 0.4) is 0 Å². The number of alkyl halides is 4. The third kappa shape index (κ3) is 5.16. The first-order valence-corrected chi connectivity index (χ1v) is 15.6. The molecule has 1 aliphatic rings. The van der Waals surface area contributed by atoms with E-state index in [4.69, 9.17) is 4.98 Å². The van der Waals surface area contributed by atoms with Gasteiger partial charge in [0.1, 0.15) is 24.9 Å². The van der Waals surface area contributed by atoms with Crippen LogP contribution >= 0.6 is 7.14 Å². The summed E-state index contributed by atoms with van der Waals surface area (Å²) in [7, 11) is -1.08. The molecular formula is C28H27F4N6O2P. The number of nitrogens with zero attached hydrogens (tertiary/aromatic N) is 5. The fraction of sp³-hybridized carbons (Fsp3) is 0.321. The molecule has 1 N–H and O–H groups in total. The molecule has 1 aliphatic carbocycles. The first-order valence-electron chi connectivity index (χ1n) is 13.0. The van der Waals surface area contributed by atoms with E-state index in [0.29, 0.717) is 28.5 Å². The summed E-state index contributed by atoms with van der Waals surface area (Å²) in [5.74, 6) is 0.463. The monoisotopic (exact) mass is 586 g/mol. The number of H-pyrrole nitrogens is 1. The van der Waals surface area contributed by atoms with Crippen molar-refractivity contribution in [3.05, 3.63) is 60.0 Å². The highest BCUT2D eigenvalue weighted by Gasteiger charge is 2.36. The third-order valence-electron chi connectivity index (χ3n) is 7.21. The van der Waals surface area contributed by atoms with Crippen LogP contribution in [0.2, 0.25) is 0 Å². The standard InChI is InChI=1S/C28H27F4N6O2P/c1-15(29)22-13-24(35-34-22)38-14-20-18(6-5-7-21(20)36-38)25-26(16-8-9-16)37(2)27(33-25)19-11-10-17(41(3,4)39)12-23(19)40-28(30,31)32/h5-7,10-16H,8-9H2,1-4H3,(H,34,35). The van der Waals surface area contributed by atoms with Crippen LogP contribution < -0.4 is 10.0 Å². The Morgan fingerprint density at radius 2 is 1.88 bits per heavy atom. The van der Waals surface area contributed by atoms with E-state index >= 15 is 0 Å². The van der Waals surface area contributed by atoms with Crippen molar-refractivity contribution in [2.45, 2.75) is 38.2 Å². The number of aromatic amines is 1. The minimum absolute atomic E-state index is 0.141. The van der Waals surface area contributed by atoms with E-state index in [0.717, 1.165) is 29.5 Å². The molecule has 1 unspecified atom stereocenters. The van der Waals surface area contributed by atoms with Crippen LogP contribution in [0.4, 0.5) is 17.6 Å². The molecule has 13 heteroatoms. The zero-order chi connectivity index (χ0) is 29.3. The maximum absolute atomic E-state index is 13.8. The van der Waals surface area contributed by atoms with Gasteiger partial charge in [-0.2, -0.15) is 10.2 Å². The molecule has 2 aromatic carbocycles. The van der Waals surface area contributed by atoms with E-state index in [2.05, 4.69) is 20.0 Å². The van der Waals surface area contributed by atoms with Gasteiger partial charge in [-0.05, 0) is 51.3 Å². The van der Waals surface area contributed by atoms with E-state index in [9.17, 15) is 22.1 Å². The lowest BCUT2D eigenvalue weighted by molar-refractivity contribution is -0.274. The first-order chi connectivity index (χ1) is 19.3. The van der Waals surface area contributed by atoms with Crippen LogP contribution in [0.25, 0.3) is 39.4 Å². The normalized spacial score (nSPS) is 15.0. The highest BCUT2D eigenvalue weighted by molar-refractivity contribution is 7.70. The summed E-state index contributed by atoms with van der Waals surface area (Å²) in [4.78, 5) is 4.89. The molecule has 1 fully saturated rings. The van der Waals surface area contributed by atoms with E-state index in [-0.39, 0.29) is 16.8 Å². The minimum Gasteiger partial charge on any atom is -0.405 e. The van der Waals surface area contributed by atoms with Gasteiger partial charge in [-0.25, -0.2) is 14.1 Å². The molecule has 0 saturated heterocycles. The summed E-state index contributed by atoms with van der Waals surface area (Å²) in [5.41, 5.74) is 3.41. The van der Waals surface area contributed by atoms with Crippen LogP contribution in [0, 0.1) is 0 Å². The second kappa shape index (κ2) is 9.58. The number of imidazole rings is 1. The SMILES string of the molecule is CC(F)c1cc(-n2cc3c(-c4nc(-c5ccc(P(C)(C)=O)cc5OC(F)(F)F)n(C)c4C4CC4)cccc3n2)n[nH]1. The second-order valence-electron chi connectivity index (χ2n) is 10.7. The molecule has 0 bridgehead atoms. The van der Waals surface area contributed by atoms with Crippen molar-refractivity contribution in [2.24, 2.45) is 7.05 Å². The summed E-state index contributed by atoms with van der Waals surface area (Å²) in [6.07, 6.45) is -2.52. The molecule has 3 aromatic heterocycles. The lowest BCUT2D eigenvalue weighted by Gasteiger charge is -2.16. The highest BCUT2D eigenvalue weighted by Crippen LogP contribution is 2.48. The Labute approximate surface area is 232 Å². The number of ether oxygens (including phenoxy) is 1. The fourth-order valence-electron chi connectivity index (χ4n) is 5.03. The smallest absolute Gasteiger partial charge is 0.405 e. The molecule has 0 aliphatic heterocycles. The number of rotatable bonds is 7. The van der Waals surface area contributed by atoms with Gasteiger partial charge in [-0.1, -0.05) is 18.2 Å². The molecular weight excluding hydrogens is 559 g/mol. The summed E-state index contributed by atoms with van der Waals surface area (Å²) in [5, 5.41) is 12.5. The van der Waals surface area contributed by atoms with E-state index in [1.165, 1.54) is 32.4 Å². The average Bonchev–Trinajstić information content (AvgIpc) is 3.29. The Kier molecular flexibility index (Phi) is 6.37. The van der Waals surface area contributed by atoms with Crippen LogP contribution in [0.15, 0.2) is 48.7 Å². The number of fused-ring (bicyclic) bond motifs is 1. The van der Waals surface area contributed by atoms with E-state index in [1.807, 2.05) is 22.8 Å². The summed E-state index contributed by atoms with van der Waals surface area (Å²) >= 11 is 0. The van der Waals surface area contributed by atoms with Crippen molar-refractivity contribution in [2.75, 3.05) is 13.3 Å². The molecule has 0 amide bonds. The van der Waals surface area contributed by atoms with Gasteiger partial charge in [-0.3, -0.25) is 5.10 Å². The molecule has 8 nitrogen and oxygen atoms in total. The predicted molar refractivity (Wildman–Crippen MR) is 148 cm³/mol. The number of nitrogens with one attached hydrogen (secondary N) is 1. The molecule has 0 radical (unpaired) electrons. The Morgan fingerprint density at radius 1 is 1.12 bits per heavy atom. The topological polar surface area (TPSA) is 90.6 Å². The van der Waals surface area contributed by atoms with Gasteiger partial charge < -0.3 is 13.9 Å². The van der Waals surface area contributed by atoms with Gasteiger partial charge in [0.05, 0.1) is 22.5 Å². The molecule has 0 spiro atoms. The molecule has 6 rings (SSSR count). The van der Waals surface area contributed by atoms with Gasteiger partial charge in [0.15, 0.2) is 5.82 Å². The third-order valence-corrected chi connectivity index (χ3v) is 8.73. The first kappa shape index (κ1) is 27.3. The Morgan fingerprint density at radius 3 is 2.51 bits per heavy atom. The van der Waals surface area contributed by atoms with Crippen molar-refractivity contribution in [1.29, 1.82) is 0 Å². The summed E-state index contributed by atoms with van der Waals surface area (Å²) in [6.45, 7) is 4.40. The number of hydrogen-bond donors (Lipinski definition) is 1. The van der Waals surface area contributed by atoms with Crippen molar-refractivity contribution >= 4 is 23.3 Å². The lowest BCUT2D eigenvalue weighted by atomic mass is 10.0. The van der Waals surface area contributed by atoms with Crippen molar-refractivity contribution in [3.63, 3.8) is 0 Å². The molecule has 5 aromatic rings. The van der Waals surface area contributed by atoms with Crippen LogP contribution in [-0.4, -0.2) is 49.2 Å². The number of hydrogen-bond acceptors (Lipinski definition) is 5. The van der Waals surface area contributed by atoms with Crippen molar-refractivity contribution in [1.82, 2.24) is 29.5 Å². The fourth-order valence-corrected chi connectivity index (χ4v) is 5.89. The van der Waals surface area contributed by atoms with Crippen LogP contribution in [0.1, 0.15) is 43.2 Å². The van der Waals surface area contributed by atoms with Crippen LogP contribution in [-0.2, 0) is 11.6 Å². The highest BCUT2D eigenvalue weighted by atomic mass is 31.2. The van der Waals surface area contributed by atoms with Gasteiger partial charge in [0, 0.05) is 47.2 Å². The van der Waals surface area contributed by atoms with Gasteiger partial charge in [0.2, 0.25) is 0 Å². The quantitative estimate of drug-likeness (QED) is 0.166. The second-order valence-corrected chi connectivity index (χ2v) is 13.9. The van der Waals surface area contributed by atoms with Crippen molar-refractivity contribution < 1.29 is 26.9 Å². The molecule has 1 saturated carbocycles. The summed E-state index contributed by atoms with van der Waals surface area (Å²) in [6, 6.07) is 11.4. The zero-order valence-electron chi connectivity index (χ0n) is 22.7. The molecule has 214 valence electrons. The summed E-state index contributed by atoms with van der Waals surface area (Å²) < 4.78 is 74.6. The predicted octanol–water partition coefficient (Wildman–Crippen LogP) is 6.87. The molecule has 1 atom stereocenters. The number of halogens is 4. The van der Waals surface area contributed by atoms with Gasteiger partial charge in [0.25, 0.3) is 0 Å². The largest absolute Gasteiger partial charge is 0.573 e. The van der Waals surface area contributed by atoms with Crippen molar-refractivity contribution in [3.8, 4) is 34.2 Å². The minimum atomic E-state index is -4.95. The van der Waals surface area contributed by atoms with Gasteiger partial charge in [-0.15, -0.1) is 13.2 Å². The van der Waals surface area contributed by atoms with Gasteiger partial charge >= 0.3 is 6.36 Å². The lowest BCUT2D eigenvalue weighted by Crippen LogP contribution is -2.19. The maximum atomic E-state index is 13.8. The maximum Gasteiger partial charge on any atom is 0.573 e. The Balaban J connectivity index is 1.52. The molecule has 41 heavy (non-hydrogen) atoms. The number of benzene rings is 2. The average molecular weight is 587 g/mol. The van der Waals surface area contributed by atoms with Crippen LogP contribution in [0.5, 0.6) is 5.75 Å². The van der Waals surface area contributed by atoms with E-state index < -0.39 is 25.4 Å². The Hall–Kier alpha value is -3.92.